The minimum atomic E-state index is -0.222. The first kappa shape index (κ1) is 13.4. The first-order valence-electron chi connectivity index (χ1n) is 6.11. The molecule has 1 aromatic rings. The monoisotopic (exact) mass is 312 g/mol. The van der Waals surface area contributed by atoms with E-state index in [0.717, 1.165) is 30.2 Å². The van der Waals surface area contributed by atoms with Gasteiger partial charge in [-0.3, -0.25) is 4.79 Å². The van der Waals surface area contributed by atoms with Crippen LogP contribution in [0.3, 0.4) is 0 Å². The van der Waals surface area contributed by atoms with Gasteiger partial charge in [-0.15, -0.1) is 0 Å². The fraction of sp³-hybridized carbons (Fsp3) is 0.462. The fourth-order valence-electron chi connectivity index (χ4n) is 2.22. The van der Waals surface area contributed by atoms with Gasteiger partial charge < -0.3 is 16.2 Å². The second-order valence-corrected chi connectivity index (χ2v) is 5.66. The van der Waals surface area contributed by atoms with E-state index >= 15 is 0 Å². The molecule has 1 saturated carbocycles. The number of carbonyl (C=O) groups excluding carboxylic acids is 1. The molecule has 1 aromatic carbocycles. The van der Waals surface area contributed by atoms with Crippen LogP contribution >= 0.6 is 15.9 Å². The van der Waals surface area contributed by atoms with Crippen molar-refractivity contribution < 1.29 is 9.90 Å². The molecule has 98 valence electrons. The zero-order chi connectivity index (χ0) is 13.1. The van der Waals surface area contributed by atoms with E-state index in [9.17, 15) is 9.90 Å². The van der Waals surface area contributed by atoms with E-state index in [2.05, 4.69) is 21.2 Å². The van der Waals surface area contributed by atoms with E-state index < -0.39 is 0 Å². The number of nitrogens with one attached hydrogen (secondary N) is 1. The van der Waals surface area contributed by atoms with Gasteiger partial charge >= 0.3 is 0 Å². The third kappa shape index (κ3) is 3.23. The molecule has 4 nitrogen and oxygen atoms in total. The van der Waals surface area contributed by atoms with Gasteiger partial charge in [0.25, 0.3) is 5.91 Å². The van der Waals surface area contributed by atoms with Crippen molar-refractivity contribution >= 4 is 21.8 Å². The van der Waals surface area contributed by atoms with Gasteiger partial charge in [0.15, 0.2) is 0 Å². The summed E-state index contributed by atoms with van der Waals surface area (Å²) in [5.74, 6) is -0.227. The molecule has 1 fully saturated rings. The smallest absolute Gasteiger partial charge is 0.255 e. The number of nitrogens with two attached hydrogens (primary N) is 1. The molecule has 1 aliphatic carbocycles. The van der Waals surface area contributed by atoms with E-state index in [-0.39, 0.29) is 23.7 Å². The number of aromatic hydroxyl groups is 1. The molecule has 0 heterocycles. The number of phenolic OH excluding ortho intramolecular Hbond substituents is 1. The number of amides is 1. The van der Waals surface area contributed by atoms with Gasteiger partial charge in [-0.25, -0.2) is 0 Å². The molecular weight excluding hydrogens is 296 g/mol. The summed E-state index contributed by atoms with van der Waals surface area (Å²) < 4.78 is 0.750. The topological polar surface area (TPSA) is 75.3 Å². The lowest BCUT2D eigenvalue weighted by atomic mass is 9.91. The van der Waals surface area contributed by atoms with Crippen molar-refractivity contribution in [3.05, 3.63) is 28.2 Å². The average Bonchev–Trinajstić information content (AvgIpc) is 2.32. The van der Waals surface area contributed by atoms with Crippen molar-refractivity contribution in [1.29, 1.82) is 0 Å². The lowest BCUT2D eigenvalue weighted by Crippen LogP contribution is -2.40. The second-order valence-electron chi connectivity index (χ2n) is 4.75. The summed E-state index contributed by atoms with van der Waals surface area (Å²) in [4.78, 5) is 12.0. The Kier molecular flexibility index (Phi) is 4.24. The van der Waals surface area contributed by atoms with E-state index in [1.807, 2.05) is 0 Å². The average molecular weight is 313 g/mol. The zero-order valence-corrected chi connectivity index (χ0v) is 11.6. The zero-order valence-electron chi connectivity index (χ0n) is 10.0. The van der Waals surface area contributed by atoms with Gasteiger partial charge in [0.2, 0.25) is 0 Å². The van der Waals surface area contributed by atoms with Gasteiger partial charge in [0, 0.05) is 16.6 Å². The number of halogens is 1. The SMILES string of the molecule is NC1CCC(NC(=O)c2ccc(Br)cc2O)CC1. The number of carbonyl (C=O) groups is 1. The number of benzene rings is 1. The highest BCUT2D eigenvalue weighted by molar-refractivity contribution is 9.10. The molecule has 0 spiro atoms. The predicted octanol–water partition coefficient (Wildman–Crippen LogP) is 2.15. The van der Waals surface area contributed by atoms with Crippen LogP contribution in [0.2, 0.25) is 0 Å². The quantitative estimate of drug-likeness (QED) is 0.783. The molecule has 0 radical (unpaired) electrons. The summed E-state index contributed by atoms with van der Waals surface area (Å²) in [5, 5.41) is 12.7. The highest BCUT2D eigenvalue weighted by atomic mass is 79.9. The van der Waals surface area contributed by atoms with Crippen LogP contribution in [0.25, 0.3) is 0 Å². The molecule has 18 heavy (non-hydrogen) atoms. The fourth-order valence-corrected chi connectivity index (χ4v) is 2.57. The lowest BCUT2D eigenvalue weighted by molar-refractivity contribution is 0.0923. The van der Waals surface area contributed by atoms with Gasteiger partial charge in [-0.1, -0.05) is 15.9 Å². The van der Waals surface area contributed by atoms with Gasteiger partial charge in [0.1, 0.15) is 5.75 Å². The minimum absolute atomic E-state index is 0.00520. The van der Waals surface area contributed by atoms with E-state index in [0.29, 0.717) is 5.56 Å². The molecule has 0 bridgehead atoms. The van der Waals surface area contributed by atoms with E-state index in [4.69, 9.17) is 5.73 Å². The van der Waals surface area contributed by atoms with Crippen LogP contribution in [-0.2, 0) is 0 Å². The molecule has 4 N–H and O–H groups in total. The number of rotatable bonds is 2. The maximum absolute atomic E-state index is 12.0. The van der Waals surface area contributed by atoms with Gasteiger partial charge in [-0.2, -0.15) is 0 Å². The van der Waals surface area contributed by atoms with Crippen molar-refractivity contribution in [2.24, 2.45) is 5.73 Å². The van der Waals surface area contributed by atoms with Crippen LogP contribution in [0, 0.1) is 0 Å². The van der Waals surface area contributed by atoms with E-state index in [1.54, 1.807) is 12.1 Å². The van der Waals surface area contributed by atoms with Crippen molar-refractivity contribution in [3.63, 3.8) is 0 Å². The summed E-state index contributed by atoms with van der Waals surface area (Å²) in [6, 6.07) is 5.31. The Morgan fingerprint density at radius 3 is 2.61 bits per heavy atom. The molecule has 2 rings (SSSR count). The molecule has 5 heteroatoms. The Hall–Kier alpha value is -1.07. The summed E-state index contributed by atoms with van der Waals surface area (Å²) in [6.07, 6.45) is 3.70. The summed E-state index contributed by atoms with van der Waals surface area (Å²) in [5.41, 5.74) is 6.13. The maximum atomic E-state index is 12.0. The van der Waals surface area contributed by atoms with Crippen LogP contribution in [0.15, 0.2) is 22.7 Å². The van der Waals surface area contributed by atoms with Crippen molar-refractivity contribution in [2.75, 3.05) is 0 Å². The Bertz CT molecular complexity index is 443. The number of phenols is 1. The Balaban J connectivity index is 1.99. The second kappa shape index (κ2) is 5.71. The van der Waals surface area contributed by atoms with Crippen molar-refractivity contribution in [1.82, 2.24) is 5.32 Å². The highest BCUT2D eigenvalue weighted by Crippen LogP contribution is 2.23. The first-order chi connectivity index (χ1) is 8.56. The molecule has 0 saturated heterocycles. The molecule has 0 atom stereocenters. The molecule has 0 aromatic heterocycles. The summed E-state index contributed by atoms with van der Waals surface area (Å²) in [6.45, 7) is 0. The molecule has 1 amide bonds. The standard InChI is InChI=1S/C13H17BrN2O2/c14-8-1-6-11(12(17)7-8)13(18)16-10-4-2-9(15)3-5-10/h1,6-7,9-10,17H,2-5,15H2,(H,16,18). The number of hydrogen-bond donors (Lipinski definition) is 3. The summed E-state index contributed by atoms with van der Waals surface area (Å²) >= 11 is 3.24. The molecule has 0 aliphatic heterocycles. The normalized spacial score (nSPS) is 23.7. The Labute approximate surface area is 115 Å². The van der Waals surface area contributed by atoms with Gasteiger partial charge in [-0.05, 0) is 43.9 Å². The third-order valence-corrected chi connectivity index (χ3v) is 3.80. The summed E-state index contributed by atoms with van der Waals surface area (Å²) in [7, 11) is 0. The largest absolute Gasteiger partial charge is 0.507 e. The van der Waals surface area contributed by atoms with Crippen LogP contribution < -0.4 is 11.1 Å². The van der Waals surface area contributed by atoms with Crippen LogP contribution in [-0.4, -0.2) is 23.1 Å². The third-order valence-electron chi connectivity index (χ3n) is 3.31. The van der Waals surface area contributed by atoms with Crippen LogP contribution in [0.4, 0.5) is 0 Å². The Morgan fingerprint density at radius 2 is 2.00 bits per heavy atom. The number of hydrogen-bond acceptors (Lipinski definition) is 3. The van der Waals surface area contributed by atoms with Crippen LogP contribution in [0.5, 0.6) is 5.75 Å². The van der Waals surface area contributed by atoms with Crippen molar-refractivity contribution in [3.8, 4) is 5.75 Å². The maximum Gasteiger partial charge on any atom is 0.255 e. The molecule has 1 aliphatic rings. The Morgan fingerprint density at radius 1 is 1.33 bits per heavy atom. The minimum Gasteiger partial charge on any atom is -0.507 e. The van der Waals surface area contributed by atoms with Gasteiger partial charge in [0.05, 0.1) is 5.56 Å². The predicted molar refractivity (Wildman–Crippen MR) is 73.5 cm³/mol. The molecular formula is C13H17BrN2O2. The first-order valence-corrected chi connectivity index (χ1v) is 6.90. The van der Waals surface area contributed by atoms with Crippen LogP contribution in [0.1, 0.15) is 36.0 Å². The molecule has 0 unspecified atom stereocenters. The van der Waals surface area contributed by atoms with Crippen molar-refractivity contribution in [2.45, 2.75) is 37.8 Å². The lowest BCUT2D eigenvalue weighted by Gasteiger charge is -2.26. The highest BCUT2D eigenvalue weighted by Gasteiger charge is 2.21. The van der Waals surface area contributed by atoms with E-state index in [1.165, 1.54) is 6.07 Å².